The van der Waals surface area contributed by atoms with E-state index in [4.69, 9.17) is 5.26 Å². The Balaban J connectivity index is -0.0000000450. The zero-order valence-electron chi connectivity index (χ0n) is 3.93. The van der Waals surface area contributed by atoms with Gasteiger partial charge < -0.3 is 6.26 Å². The minimum absolute atomic E-state index is 0. The molecule has 0 atom stereocenters. The monoisotopic (exact) mass is 98.0 g/mol. The van der Waals surface area contributed by atoms with E-state index in [0.717, 1.165) is 0 Å². The van der Waals surface area contributed by atoms with Gasteiger partial charge in [-0.2, -0.15) is 5.90 Å². The van der Waals surface area contributed by atoms with Gasteiger partial charge in [0.2, 0.25) is 0 Å². The van der Waals surface area contributed by atoms with Crippen molar-refractivity contribution < 1.29 is 57.6 Å². The van der Waals surface area contributed by atoms with Crippen molar-refractivity contribution in [3.8, 4) is 6.26 Å². The van der Waals surface area contributed by atoms with Gasteiger partial charge in [-0.1, -0.05) is 0 Å². The molecule has 0 saturated heterocycles. The van der Waals surface area contributed by atoms with Gasteiger partial charge >= 0.3 is 57.6 Å². The Morgan fingerprint density at radius 2 is 2.20 bits per heavy atom. The molecule has 0 aromatic rings. The molecule has 0 bridgehead atoms. The summed E-state index contributed by atoms with van der Waals surface area (Å²) < 4.78 is 0. The first-order chi connectivity index (χ1) is 1.91. The van der Waals surface area contributed by atoms with Gasteiger partial charge in [0, 0.05) is 0 Å². The van der Waals surface area contributed by atoms with E-state index in [1.807, 2.05) is 0 Å². The fourth-order valence-corrected chi connectivity index (χ4v) is 0. The third-order valence-electron chi connectivity index (χ3n) is 0.0527. The first-order valence-corrected chi connectivity index (χ1v) is 0.663. The van der Waals surface area contributed by atoms with Crippen LogP contribution >= 0.6 is 0 Å². The minimum atomic E-state index is 0. The molecule has 0 aliphatic carbocycles. The maximum absolute atomic E-state index is 7.28. The third kappa shape index (κ3) is 11.4. The largest absolute Gasteiger partial charge is 1.00 e. The van der Waals surface area contributed by atoms with Crippen LogP contribution < -0.4 is 57.3 Å². The molecule has 0 aromatic carbocycles. The summed E-state index contributed by atoms with van der Waals surface area (Å²) in [5.74, 6) is 4.17. The zero-order chi connectivity index (χ0) is 3.41. The van der Waals surface area contributed by atoms with Crippen LogP contribution in [0.25, 0.3) is 0 Å². The van der Waals surface area contributed by atoms with Crippen LogP contribution in [0.2, 0.25) is 0 Å². The van der Waals surface area contributed by atoms with Crippen molar-refractivity contribution >= 4 is 0 Å². The molecule has 0 heterocycles. The average molecular weight is 98.1 g/mol. The first kappa shape index (κ1) is 9.31. The van der Waals surface area contributed by atoms with Crippen LogP contribution in [0.3, 0.4) is 0 Å². The van der Waals surface area contributed by atoms with Gasteiger partial charge in [-0.25, -0.2) is 0 Å². The smallest absolute Gasteiger partial charge is 1.00 e. The normalized spacial score (nSPS) is 3.20. The quantitative estimate of drug-likeness (QED) is 0.194. The van der Waals surface area contributed by atoms with Crippen LogP contribution in [0, 0.1) is 11.5 Å². The molecular weight excluding hydrogens is 95.1 g/mol. The molecule has 2 N–H and O–H groups in total. The molecule has 0 radical (unpaired) electrons. The zero-order valence-corrected chi connectivity index (χ0v) is 6.06. The van der Waals surface area contributed by atoms with E-state index in [2.05, 4.69) is 10.7 Å². The second-order valence-corrected chi connectivity index (χ2v) is 0.209. The molecule has 4 heteroatoms. The van der Waals surface area contributed by atoms with E-state index >= 15 is 0 Å². The number of nitrogens with two attached hydrogens (primary N) is 1. The van der Waals surface area contributed by atoms with Crippen LogP contribution in [0.5, 0.6) is 0 Å². The predicted molar refractivity (Wildman–Crippen MR) is 12.0 cm³/mol. The Morgan fingerprint density at radius 3 is 2.20 bits per heavy atom. The van der Waals surface area contributed by atoms with Crippen molar-refractivity contribution in [3.05, 3.63) is 0 Å². The molecule has 0 fully saturated rings. The summed E-state index contributed by atoms with van der Waals surface area (Å²) in [6.07, 6.45) is 1.21. The van der Waals surface area contributed by atoms with Crippen LogP contribution in [-0.4, -0.2) is 0 Å². The summed E-state index contributed by atoms with van der Waals surface area (Å²) in [7, 11) is 0. The summed E-state index contributed by atoms with van der Waals surface area (Å²) in [6.45, 7) is 0. The van der Waals surface area contributed by atoms with Crippen LogP contribution in [0.15, 0.2) is 0 Å². The van der Waals surface area contributed by atoms with Gasteiger partial charge in [-0.15, -0.1) is 5.26 Å². The van der Waals surface area contributed by atoms with E-state index in [1.165, 1.54) is 6.26 Å². The summed E-state index contributed by atoms with van der Waals surface area (Å²) in [5, 5.41) is 7.28. The number of hydrogen-bond acceptors (Lipinski definition) is 3. The maximum atomic E-state index is 7.28. The van der Waals surface area contributed by atoms with Crippen molar-refractivity contribution in [3.63, 3.8) is 0 Å². The molecule has 0 saturated carbocycles. The van der Waals surface area contributed by atoms with E-state index in [1.54, 1.807) is 0 Å². The summed E-state index contributed by atoms with van der Waals surface area (Å²) in [4.78, 5) is 3.35. The number of hydrogen-bond donors (Lipinski definition) is 1. The first-order valence-electron chi connectivity index (χ1n) is 0.663. The fourth-order valence-electron chi connectivity index (χ4n) is 0. The number of rotatable bonds is 0. The Bertz CT molecular complexity index is 43.3. The Kier molecular flexibility index (Phi) is 16.5. The SMILES string of the molecule is N#CON.[H-].[K+]. The van der Waals surface area contributed by atoms with Crippen molar-refractivity contribution in [1.82, 2.24) is 0 Å². The van der Waals surface area contributed by atoms with Crippen molar-refractivity contribution in [2.24, 2.45) is 5.90 Å². The number of nitriles is 1. The Morgan fingerprint density at radius 1 is 2.00 bits per heavy atom. The molecule has 0 unspecified atom stereocenters. The van der Waals surface area contributed by atoms with Crippen LogP contribution in [-0.2, 0) is 4.84 Å². The van der Waals surface area contributed by atoms with Gasteiger partial charge in [0.25, 0.3) is 0 Å². The average Bonchev–Trinajstić information content (AvgIpc) is 1.37. The second-order valence-electron chi connectivity index (χ2n) is 0.209. The van der Waals surface area contributed by atoms with E-state index in [9.17, 15) is 0 Å². The van der Waals surface area contributed by atoms with Crippen molar-refractivity contribution in [1.29, 1.82) is 5.26 Å². The fraction of sp³-hybridized carbons (Fsp3) is 0. The minimum Gasteiger partial charge on any atom is -1.00 e. The van der Waals surface area contributed by atoms with E-state index in [0.29, 0.717) is 0 Å². The molecule has 0 aromatic heterocycles. The molecule has 0 rings (SSSR count). The van der Waals surface area contributed by atoms with Crippen LogP contribution in [0.1, 0.15) is 1.43 Å². The standard InChI is InChI=1S/CH2N2O.K.H/c2-1-4-3;;/h3H2;;/q;+1;-1. The summed E-state index contributed by atoms with van der Waals surface area (Å²) in [5.41, 5.74) is 0. The molecule has 0 spiro atoms. The molecule has 3 nitrogen and oxygen atoms in total. The summed E-state index contributed by atoms with van der Waals surface area (Å²) in [6, 6.07) is 0. The number of nitrogens with zero attached hydrogens (tertiary/aromatic N) is 1. The van der Waals surface area contributed by atoms with E-state index in [-0.39, 0.29) is 52.8 Å². The Hall–Kier alpha value is 0.886. The predicted octanol–water partition coefficient (Wildman–Crippen LogP) is -3.53. The topological polar surface area (TPSA) is 59.0 Å². The van der Waals surface area contributed by atoms with Crippen molar-refractivity contribution in [2.45, 2.75) is 0 Å². The third-order valence-corrected chi connectivity index (χ3v) is 0.0527. The maximum Gasteiger partial charge on any atom is 1.00 e. The Labute approximate surface area is 73.9 Å². The molecule has 0 aliphatic rings. The van der Waals surface area contributed by atoms with Gasteiger partial charge in [0.15, 0.2) is 0 Å². The van der Waals surface area contributed by atoms with Gasteiger partial charge in [-0.05, 0) is 0 Å². The van der Waals surface area contributed by atoms with Gasteiger partial charge in [-0.3, -0.25) is 0 Å². The molecule has 0 amide bonds. The summed E-state index contributed by atoms with van der Waals surface area (Å²) >= 11 is 0. The van der Waals surface area contributed by atoms with Crippen molar-refractivity contribution in [2.75, 3.05) is 0 Å². The van der Waals surface area contributed by atoms with Crippen LogP contribution in [0.4, 0.5) is 0 Å². The van der Waals surface area contributed by atoms with Gasteiger partial charge in [0.1, 0.15) is 0 Å². The molecular formula is CH3KN2O. The molecule has 0 aliphatic heterocycles. The molecule has 24 valence electrons. The second kappa shape index (κ2) is 8.86. The molecule has 5 heavy (non-hydrogen) atoms. The van der Waals surface area contributed by atoms with Gasteiger partial charge in [0.05, 0.1) is 0 Å². The van der Waals surface area contributed by atoms with E-state index < -0.39 is 0 Å².